The highest BCUT2D eigenvalue weighted by Gasteiger charge is 2.06. The van der Waals surface area contributed by atoms with Crippen LogP contribution in [0.15, 0.2) is 18.2 Å². The molecule has 1 aromatic heterocycles. The summed E-state index contributed by atoms with van der Waals surface area (Å²) in [7, 11) is 1.88. The molecule has 1 aromatic carbocycles. The van der Waals surface area contributed by atoms with Crippen molar-refractivity contribution in [1.82, 2.24) is 4.98 Å². The molecule has 0 fully saturated rings. The summed E-state index contributed by atoms with van der Waals surface area (Å²) < 4.78 is 0. The van der Waals surface area contributed by atoms with Crippen LogP contribution in [0.5, 0.6) is 0 Å². The highest BCUT2D eigenvalue weighted by molar-refractivity contribution is 6.35. The first-order valence-corrected chi connectivity index (χ1v) is 5.25. The Labute approximate surface area is 94.3 Å². The number of pyridine rings is 1. The number of rotatable bonds is 1. The third-order valence-corrected chi connectivity index (χ3v) is 2.89. The Hall–Kier alpha value is -1.28. The summed E-state index contributed by atoms with van der Waals surface area (Å²) in [6.45, 7) is 4.07. The van der Waals surface area contributed by atoms with Crippen molar-refractivity contribution in [1.29, 1.82) is 0 Å². The number of benzene rings is 1. The van der Waals surface area contributed by atoms with Crippen LogP contribution in [0.3, 0.4) is 0 Å². The normalized spacial score (nSPS) is 10.7. The van der Waals surface area contributed by atoms with Gasteiger partial charge in [0.05, 0.1) is 5.52 Å². The van der Waals surface area contributed by atoms with Gasteiger partial charge in [-0.05, 0) is 37.1 Å². The molecule has 0 aliphatic heterocycles. The van der Waals surface area contributed by atoms with Gasteiger partial charge >= 0.3 is 0 Å². The molecule has 2 rings (SSSR count). The number of hydrogen-bond donors (Lipinski definition) is 1. The molecular weight excluding hydrogens is 208 g/mol. The average molecular weight is 221 g/mol. The summed E-state index contributed by atoms with van der Waals surface area (Å²) in [5.74, 6) is 0.910. The molecule has 0 radical (unpaired) electrons. The Balaban J connectivity index is 2.86. The number of aryl methyl sites for hydroxylation is 2. The fourth-order valence-corrected chi connectivity index (χ4v) is 1.92. The van der Waals surface area contributed by atoms with Gasteiger partial charge in [0.1, 0.15) is 5.82 Å². The van der Waals surface area contributed by atoms with E-state index in [1.165, 1.54) is 0 Å². The van der Waals surface area contributed by atoms with E-state index in [-0.39, 0.29) is 0 Å². The summed E-state index contributed by atoms with van der Waals surface area (Å²) in [4.78, 5) is 4.56. The number of halogens is 1. The summed E-state index contributed by atoms with van der Waals surface area (Å²) in [6, 6.07) is 5.98. The van der Waals surface area contributed by atoms with Gasteiger partial charge in [-0.25, -0.2) is 4.98 Å². The molecule has 0 atom stereocenters. The maximum absolute atomic E-state index is 6.14. The maximum Gasteiger partial charge on any atom is 0.129 e. The third-order valence-electron chi connectivity index (χ3n) is 2.56. The quantitative estimate of drug-likeness (QED) is 0.795. The topological polar surface area (TPSA) is 24.9 Å². The van der Waals surface area contributed by atoms with E-state index in [9.17, 15) is 0 Å². The monoisotopic (exact) mass is 220 g/mol. The van der Waals surface area contributed by atoms with Crippen molar-refractivity contribution in [2.45, 2.75) is 13.8 Å². The zero-order chi connectivity index (χ0) is 11.0. The number of anilines is 1. The van der Waals surface area contributed by atoms with Crippen LogP contribution in [0.1, 0.15) is 11.1 Å². The lowest BCUT2D eigenvalue weighted by molar-refractivity contribution is 1.27. The van der Waals surface area contributed by atoms with Gasteiger partial charge in [-0.3, -0.25) is 0 Å². The van der Waals surface area contributed by atoms with E-state index in [1.807, 2.05) is 33.0 Å². The number of fused-ring (bicyclic) bond motifs is 1. The largest absolute Gasteiger partial charge is 0.373 e. The van der Waals surface area contributed by atoms with Crippen LogP contribution in [-0.2, 0) is 0 Å². The lowest BCUT2D eigenvalue weighted by Gasteiger charge is -2.09. The van der Waals surface area contributed by atoms with E-state index in [0.717, 1.165) is 32.9 Å². The van der Waals surface area contributed by atoms with Crippen molar-refractivity contribution < 1.29 is 0 Å². The fraction of sp³-hybridized carbons (Fsp3) is 0.250. The number of nitrogens with zero attached hydrogens (tertiary/aromatic N) is 1. The van der Waals surface area contributed by atoms with Gasteiger partial charge in [-0.2, -0.15) is 0 Å². The Morgan fingerprint density at radius 2 is 1.93 bits per heavy atom. The molecule has 1 heterocycles. The zero-order valence-electron chi connectivity index (χ0n) is 9.06. The average Bonchev–Trinajstić information content (AvgIpc) is 2.23. The molecule has 0 aliphatic rings. The molecule has 1 N–H and O–H groups in total. The van der Waals surface area contributed by atoms with Crippen molar-refractivity contribution in [2.75, 3.05) is 12.4 Å². The van der Waals surface area contributed by atoms with Gasteiger partial charge in [-0.15, -0.1) is 0 Å². The Bertz CT molecular complexity index is 521. The summed E-state index contributed by atoms with van der Waals surface area (Å²) in [5.41, 5.74) is 3.22. The van der Waals surface area contributed by atoms with Crippen LogP contribution < -0.4 is 5.32 Å². The first-order valence-electron chi connectivity index (χ1n) is 4.87. The van der Waals surface area contributed by atoms with Crippen molar-refractivity contribution in [3.05, 3.63) is 34.3 Å². The van der Waals surface area contributed by atoms with Crippen molar-refractivity contribution >= 4 is 28.3 Å². The fourth-order valence-electron chi connectivity index (χ4n) is 1.72. The van der Waals surface area contributed by atoms with Crippen LogP contribution in [-0.4, -0.2) is 12.0 Å². The highest BCUT2D eigenvalue weighted by atomic mass is 35.5. The molecule has 0 unspecified atom stereocenters. The van der Waals surface area contributed by atoms with E-state index in [0.29, 0.717) is 0 Å². The molecule has 2 aromatic rings. The number of nitrogens with one attached hydrogen (secondary N) is 1. The van der Waals surface area contributed by atoms with Crippen LogP contribution >= 0.6 is 11.6 Å². The summed E-state index contributed by atoms with van der Waals surface area (Å²) in [5, 5.41) is 4.86. The van der Waals surface area contributed by atoms with Crippen molar-refractivity contribution in [3.63, 3.8) is 0 Å². The van der Waals surface area contributed by atoms with Crippen molar-refractivity contribution in [3.8, 4) is 0 Å². The second kappa shape index (κ2) is 3.70. The Kier molecular flexibility index (Phi) is 2.53. The van der Waals surface area contributed by atoms with Crippen LogP contribution in [0.25, 0.3) is 10.9 Å². The smallest absolute Gasteiger partial charge is 0.129 e. The van der Waals surface area contributed by atoms with E-state index in [1.54, 1.807) is 0 Å². The summed E-state index contributed by atoms with van der Waals surface area (Å²) in [6.07, 6.45) is 0. The van der Waals surface area contributed by atoms with E-state index < -0.39 is 0 Å². The highest BCUT2D eigenvalue weighted by Crippen LogP contribution is 2.28. The minimum absolute atomic E-state index is 0.758. The molecule has 78 valence electrons. The van der Waals surface area contributed by atoms with Gasteiger partial charge in [0.15, 0.2) is 0 Å². The maximum atomic E-state index is 6.14. The standard InChI is InChI=1S/C12H13ClN2/c1-7-4-5-10(13)9-6-8(2)12(14-3)15-11(7)9/h4-6H,1-3H3,(H,14,15). The molecule has 3 heteroatoms. The van der Waals surface area contributed by atoms with Crippen LogP contribution in [0.2, 0.25) is 5.02 Å². The van der Waals surface area contributed by atoms with Crippen LogP contribution in [0.4, 0.5) is 5.82 Å². The lowest BCUT2D eigenvalue weighted by Crippen LogP contribution is -1.97. The van der Waals surface area contributed by atoms with Gasteiger partial charge in [0.2, 0.25) is 0 Å². The molecule has 0 amide bonds. The molecule has 0 aliphatic carbocycles. The van der Waals surface area contributed by atoms with E-state index in [2.05, 4.69) is 16.4 Å². The SMILES string of the molecule is CNc1nc2c(C)ccc(Cl)c2cc1C. The first-order chi connectivity index (χ1) is 7.13. The summed E-state index contributed by atoms with van der Waals surface area (Å²) >= 11 is 6.14. The second-order valence-electron chi connectivity index (χ2n) is 3.66. The van der Waals surface area contributed by atoms with Crippen molar-refractivity contribution in [2.24, 2.45) is 0 Å². The molecular formula is C12H13ClN2. The molecule has 0 bridgehead atoms. The van der Waals surface area contributed by atoms with E-state index >= 15 is 0 Å². The minimum atomic E-state index is 0.758. The molecule has 0 saturated heterocycles. The van der Waals surface area contributed by atoms with Gasteiger partial charge in [0.25, 0.3) is 0 Å². The third kappa shape index (κ3) is 1.65. The van der Waals surface area contributed by atoms with E-state index in [4.69, 9.17) is 11.6 Å². The minimum Gasteiger partial charge on any atom is -0.373 e. The van der Waals surface area contributed by atoms with Gasteiger partial charge in [-0.1, -0.05) is 17.7 Å². The van der Waals surface area contributed by atoms with Gasteiger partial charge < -0.3 is 5.32 Å². The molecule has 0 saturated carbocycles. The molecule has 0 spiro atoms. The van der Waals surface area contributed by atoms with Gasteiger partial charge in [0, 0.05) is 17.5 Å². The molecule has 2 nitrogen and oxygen atoms in total. The number of aromatic nitrogens is 1. The van der Waals surface area contributed by atoms with Crippen LogP contribution in [0, 0.1) is 13.8 Å². The predicted molar refractivity (Wildman–Crippen MR) is 65.8 cm³/mol. The second-order valence-corrected chi connectivity index (χ2v) is 4.07. The predicted octanol–water partition coefficient (Wildman–Crippen LogP) is 3.55. The molecule has 15 heavy (non-hydrogen) atoms. The Morgan fingerprint density at radius 1 is 1.20 bits per heavy atom. The first kappa shape index (κ1) is 10.2. The Morgan fingerprint density at radius 3 is 2.60 bits per heavy atom. The lowest BCUT2D eigenvalue weighted by atomic mass is 10.1. The number of hydrogen-bond acceptors (Lipinski definition) is 2. The zero-order valence-corrected chi connectivity index (χ0v) is 9.81.